The SMILES string of the molecule is CN(C)C(CNCc1ccc(C#N)cc1)c1cccc(F)c1. The van der Waals surface area contributed by atoms with Gasteiger partial charge in [-0.05, 0) is 49.5 Å². The van der Waals surface area contributed by atoms with Crippen LogP contribution in [0, 0.1) is 17.1 Å². The van der Waals surface area contributed by atoms with Gasteiger partial charge in [0.05, 0.1) is 11.6 Å². The molecule has 2 aromatic rings. The highest BCUT2D eigenvalue weighted by atomic mass is 19.1. The van der Waals surface area contributed by atoms with Crippen LogP contribution in [0.5, 0.6) is 0 Å². The van der Waals surface area contributed by atoms with Gasteiger partial charge in [-0.2, -0.15) is 5.26 Å². The van der Waals surface area contributed by atoms with Crippen molar-refractivity contribution in [2.24, 2.45) is 0 Å². The van der Waals surface area contributed by atoms with Crippen molar-refractivity contribution >= 4 is 0 Å². The fraction of sp³-hybridized carbons (Fsp3) is 0.278. The molecule has 0 bridgehead atoms. The van der Waals surface area contributed by atoms with Gasteiger partial charge in [-0.3, -0.25) is 0 Å². The molecule has 2 aromatic carbocycles. The van der Waals surface area contributed by atoms with Crippen LogP contribution in [-0.4, -0.2) is 25.5 Å². The summed E-state index contributed by atoms with van der Waals surface area (Å²) in [6, 6.07) is 16.4. The lowest BCUT2D eigenvalue weighted by Crippen LogP contribution is -2.30. The molecule has 0 aliphatic rings. The molecule has 3 nitrogen and oxygen atoms in total. The molecule has 0 aliphatic carbocycles. The molecule has 0 fully saturated rings. The second-order valence-electron chi connectivity index (χ2n) is 5.47. The van der Waals surface area contributed by atoms with Gasteiger partial charge < -0.3 is 10.2 Å². The van der Waals surface area contributed by atoms with E-state index >= 15 is 0 Å². The van der Waals surface area contributed by atoms with Crippen molar-refractivity contribution in [1.29, 1.82) is 5.26 Å². The number of benzene rings is 2. The Balaban J connectivity index is 1.96. The molecule has 0 aromatic heterocycles. The number of rotatable bonds is 6. The summed E-state index contributed by atoms with van der Waals surface area (Å²) in [5.74, 6) is -0.212. The first-order chi connectivity index (χ1) is 10.6. The van der Waals surface area contributed by atoms with E-state index in [0.29, 0.717) is 12.1 Å². The molecule has 0 saturated heterocycles. The highest BCUT2D eigenvalue weighted by Gasteiger charge is 2.14. The third-order valence-electron chi connectivity index (χ3n) is 3.61. The summed E-state index contributed by atoms with van der Waals surface area (Å²) < 4.78 is 13.4. The van der Waals surface area contributed by atoms with E-state index < -0.39 is 0 Å². The summed E-state index contributed by atoms with van der Waals surface area (Å²) in [6.07, 6.45) is 0. The first-order valence-electron chi connectivity index (χ1n) is 7.22. The Morgan fingerprint density at radius 2 is 1.91 bits per heavy atom. The Kier molecular flexibility index (Phi) is 5.65. The lowest BCUT2D eigenvalue weighted by Gasteiger charge is -2.25. The van der Waals surface area contributed by atoms with Gasteiger partial charge in [0.25, 0.3) is 0 Å². The van der Waals surface area contributed by atoms with Crippen molar-refractivity contribution in [2.45, 2.75) is 12.6 Å². The monoisotopic (exact) mass is 297 g/mol. The lowest BCUT2D eigenvalue weighted by molar-refractivity contribution is 0.287. The van der Waals surface area contributed by atoms with Gasteiger partial charge in [0.1, 0.15) is 5.82 Å². The van der Waals surface area contributed by atoms with E-state index in [0.717, 1.165) is 17.7 Å². The Labute approximate surface area is 131 Å². The van der Waals surface area contributed by atoms with Crippen LogP contribution in [0.1, 0.15) is 22.7 Å². The Morgan fingerprint density at radius 3 is 2.50 bits per heavy atom. The molecular weight excluding hydrogens is 277 g/mol. The second-order valence-corrected chi connectivity index (χ2v) is 5.47. The van der Waals surface area contributed by atoms with Crippen molar-refractivity contribution in [1.82, 2.24) is 10.2 Å². The molecule has 0 amide bonds. The van der Waals surface area contributed by atoms with Gasteiger partial charge in [0.15, 0.2) is 0 Å². The van der Waals surface area contributed by atoms with Crippen molar-refractivity contribution in [3.05, 3.63) is 71.0 Å². The number of halogens is 1. The van der Waals surface area contributed by atoms with Crippen molar-refractivity contribution < 1.29 is 4.39 Å². The fourth-order valence-corrected chi connectivity index (χ4v) is 2.36. The molecule has 4 heteroatoms. The quantitative estimate of drug-likeness (QED) is 0.890. The van der Waals surface area contributed by atoms with Crippen LogP contribution >= 0.6 is 0 Å². The van der Waals surface area contributed by atoms with Crippen LogP contribution in [-0.2, 0) is 6.54 Å². The third-order valence-corrected chi connectivity index (χ3v) is 3.61. The minimum atomic E-state index is -0.212. The molecule has 0 heterocycles. The van der Waals surface area contributed by atoms with Crippen LogP contribution in [0.15, 0.2) is 48.5 Å². The van der Waals surface area contributed by atoms with Gasteiger partial charge in [-0.25, -0.2) is 4.39 Å². The summed E-state index contributed by atoms with van der Waals surface area (Å²) in [5.41, 5.74) is 2.74. The summed E-state index contributed by atoms with van der Waals surface area (Å²) >= 11 is 0. The molecule has 0 spiro atoms. The van der Waals surface area contributed by atoms with Crippen molar-refractivity contribution in [3.8, 4) is 6.07 Å². The Morgan fingerprint density at radius 1 is 1.18 bits per heavy atom. The first-order valence-corrected chi connectivity index (χ1v) is 7.22. The smallest absolute Gasteiger partial charge is 0.123 e. The summed E-state index contributed by atoms with van der Waals surface area (Å²) in [4.78, 5) is 2.07. The lowest BCUT2D eigenvalue weighted by atomic mass is 10.1. The minimum Gasteiger partial charge on any atom is -0.311 e. The Bertz CT molecular complexity index is 644. The molecule has 114 valence electrons. The fourth-order valence-electron chi connectivity index (χ4n) is 2.36. The predicted molar refractivity (Wildman–Crippen MR) is 85.7 cm³/mol. The maximum Gasteiger partial charge on any atom is 0.123 e. The van der Waals surface area contributed by atoms with E-state index in [1.54, 1.807) is 12.1 Å². The zero-order valence-electron chi connectivity index (χ0n) is 12.9. The number of nitrogens with zero attached hydrogens (tertiary/aromatic N) is 2. The van der Waals surface area contributed by atoms with E-state index in [9.17, 15) is 4.39 Å². The molecule has 1 atom stereocenters. The van der Waals surface area contributed by atoms with Crippen LogP contribution in [0.4, 0.5) is 4.39 Å². The predicted octanol–water partition coefficient (Wildman–Crippen LogP) is 3.09. The van der Waals surface area contributed by atoms with Crippen LogP contribution in [0.3, 0.4) is 0 Å². The zero-order chi connectivity index (χ0) is 15.9. The number of hydrogen-bond donors (Lipinski definition) is 1. The van der Waals surface area contributed by atoms with Crippen molar-refractivity contribution in [3.63, 3.8) is 0 Å². The van der Waals surface area contributed by atoms with Gasteiger partial charge in [-0.1, -0.05) is 24.3 Å². The topological polar surface area (TPSA) is 39.1 Å². The van der Waals surface area contributed by atoms with Crippen molar-refractivity contribution in [2.75, 3.05) is 20.6 Å². The van der Waals surface area contributed by atoms with Crippen LogP contribution in [0.2, 0.25) is 0 Å². The summed E-state index contributed by atoms with van der Waals surface area (Å²) in [7, 11) is 3.97. The van der Waals surface area contributed by atoms with Gasteiger partial charge >= 0.3 is 0 Å². The highest BCUT2D eigenvalue weighted by molar-refractivity contribution is 5.31. The normalized spacial score (nSPS) is 12.1. The molecule has 1 N–H and O–H groups in total. The first kappa shape index (κ1) is 16.2. The highest BCUT2D eigenvalue weighted by Crippen LogP contribution is 2.18. The standard InChI is InChI=1S/C18H20FN3/c1-22(2)18(16-4-3-5-17(19)10-16)13-21-12-15-8-6-14(11-20)7-9-15/h3-10,18,21H,12-13H2,1-2H3. The van der Waals surface area contributed by atoms with Gasteiger partial charge in [0.2, 0.25) is 0 Å². The second kappa shape index (κ2) is 7.69. The maximum absolute atomic E-state index is 13.4. The molecule has 1 unspecified atom stereocenters. The maximum atomic E-state index is 13.4. The molecule has 0 radical (unpaired) electrons. The molecule has 0 saturated carbocycles. The average molecular weight is 297 g/mol. The summed E-state index contributed by atoms with van der Waals surface area (Å²) in [6.45, 7) is 1.43. The van der Waals surface area contributed by atoms with Crippen LogP contribution < -0.4 is 5.32 Å². The largest absolute Gasteiger partial charge is 0.311 e. The van der Waals surface area contributed by atoms with E-state index in [1.807, 2.05) is 44.4 Å². The zero-order valence-corrected chi connectivity index (χ0v) is 12.9. The van der Waals surface area contributed by atoms with E-state index in [2.05, 4.69) is 16.3 Å². The molecule has 0 aliphatic heterocycles. The average Bonchev–Trinajstić information content (AvgIpc) is 2.51. The van der Waals surface area contributed by atoms with Crippen LogP contribution in [0.25, 0.3) is 0 Å². The number of likely N-dealkylation sites (N-methyl/N-ethyl adjacent to an activating group) is 1. The summed E-state index contributed by atoms with van der Waals surface area (Å²) in [5, 5.41) is 12.2. The van der Waals surface area contributed by atoms with Gasteiger partial charge in [0, 0.05) is 19.1 Å². The molecule has 22 heavy (non-hydrogen) atoms. The van der Waals surface area contributed by atoms with E-state index in [4.69, 9.17) is 5.26 Å². The number of nitriles is 1. The third kappa shape index (κ3) is 4.39. The number of hydrogen-bond acceptors (Lipinski definition) is 3. The molecule has 2 rings (SSSR count). The molecular formula is C18H20FN3. The van der Waals surface area contributed by atoms with Gasteiger partial charge in [-0.15, -0.1) is 0 Å². The van der Waals surface area contributed by atoms with E-state index in [1.165, 1.54) is 6.07 Å². The minimum absolute atomic E-state index is 0.106. The number of nitrogens with one attached hydrogen (secondary N) is 1. The van der Waals surface area contributed by atoms with E-state index in [-0.39, 0.29) is 11.9 Å². The Hall–Kier alpha value is -2.22.